The molecule has 7 nitrogen and oxygen atoms in total. The molecule has 0 aromatic carbocycles. The zero-order valence-electron chi connectivity index (χ0n) is 15.8. The van der Waals surface area contributed by atoms with Crippen LogP contribution in [-0.4, -0.2) is 46.8 Å². The first-order valence-electron chi connectivity index (χ1n) is 10.5. The van der Waals surface area contributed by atoms with Gasteiger partial charge in [0.15, 0.2) is 0 Å². The summed E-state index contributed by atoms with van der Waals surface area (Å²) in [6.45, 7) is 4.16. The predicted molar refractivity (Wildman–Crippen MR) is 106 cm³/mol. The standard InChI is InChI=1S/C19H31N7/c1-4-10-16(11-5-1)23-24-17-20-18(25-12-6-2-7-13-25)22-19(21-17)26-14-8-3-9-15-26/h1-15H2,(H,20,21,22,24). The Labute approximate surface area is 156 Å². The lowest BCUT2D eigenvalue weighted by atomic mass is 9.99. The van der Waals surface area contributed by atoms with E-state index in [1.54, 1.807) is 0 Å². The van der Waals surface area contributed by atoms with E-state index in [0.29, 0.717) is 5.95 Å². The van der Waals surface area contributed by atoms with Crippen LogP contribution in [0.25, 0.3) is 0 Å². The summed E-state index contributed by atoms with van der Waals surface area (Å²) in [6, 6.07) is 0. The van der Waals surface area contributed by atoms with Crippen molar-refractivity contribution >= 4 is 23.6 Å². The van der Waals surface area contributed by atoms with Crippen LogP contribution in [0.3, 0.4) is 0 Å². The van der Waals surface area contributed by atoms with Crippen molar-refractivity contribution < 1.29 is 0 Å². The van der Waals surface area contributed by atoms with Gasteiger partial charge in [-0.05, 0) is 64.2 Å². The molecule has 1 aromatic heterocycles. The fourth-order valence-corrected chi connectivity index (χ4v) is 4.08. The van der Waals surface area contributed by atoms with E-state index in [1.165, 1.54) is 63.5 Å². The highest BCUT2D eigenvalue weighted by Crippen LogP contribution is 2.23. The van der Waals surface area contributed by atoms with E-state index in [0.717, 1.165) is 50.9 Å². The summed E-state index contributed by atoms with van der Waals surface area (Å²) in [7, 11) is 0. The van der Waals surface area contributed by atoms with Gasteiger partial charge in [-0.1, -0.05) is 6.42 Å². The van der Waals surface area contributed by atoms with E-state index in [-0.39, 0.29) is 0 Å². The second-order valence-corrected chi connectivity index (χ2v) is 7.70. The maximum atomic E-state index is 4.82. The zero-order valence-corrected chi connectivity index (χ0v) is 15.8. The molecule has 0 atom stereocenters. The van der Waals surface area contributed by atoms with Crippen molar-refractivity contribution in [2.75, 3.05) is 41.4 Å². The number of piperidine rings is 2. The van der Waals surface area contributed by atoms with Crippen molar-refractivity contribution in [1.82, 2.24) is 15.0 Å². The third-order valence-electron chi connectivity index (χ3n) is 5.63. The minimum Gasteiger partial charge on any atom is -0.341 e. The van der Waals surface area contributed by atoms with Crippen LogP contribution in [0.4, 0.5) is 17.8 Å². The molecule has 0 amide bonds. The first kappa shape index (κ1) is 17.5. The molecule has 1 aromatic rings. The van der Waals surface area contributed by atoms with Gasteiger partial charge in [-0.2, -0.15) is 20.1 Å². The monoisotopic (exact) mass is 357 g/mol. The van der Waals surface area contributed by atoms with Crippen LogP contribution in [0.15, 0.2) is 5.10 Å². The summed E-state index contributed by atoms with van der Waals surface area (Å²) in [5.74, 6) is 2.22. The minimum absolute atomic E-state index is 0.597. The number of hydrogen-bond acceptors (Lipinski definition) is 7. The summed E-state index contributed by atoms with van der Waals surface area (Å²) >= 11 is 0. The third-order valence-corrected chi connectivity index (χ3v) is 5.63. The topological polar surface area (TPSA) is 69.5 Å². The van der Waals surface area contributed by atoms with Crippen LogP contribution in [0, 0.1) is 0 Å². The van der Waals surface area contributed by atoms with Crippen molar-refractivity contribution in [3.8, 4) is 0 Å². The molecule has 1 saturated carbocycles. The molecule has 3 heterocycles. The summed E-state index contributed by atoms with van der Waals surface area (Å²) < 4.78 is 0. The quantitative estimate of drug-likeness (QED) is 0.831. The summed E-state index contributed by atoms with van der Waals surface area (Å²) in [5.41, 5.74) is 4.39. The van der Waals surface area contributed by atoms with Crippen LogP contribution in [-0.2, 0) is 0 Å². The average Bonchev–Trinajstić information content (AvgIpc) is 2.74. The van der Waals surface area contributed by atoms with Gasteiger partial charge in [-0.3, -0.25) is 0 Å². The summed E-state index contributed by atoms with van der Waals surface area (Å²) in [4.78, 5) is 18.8. The molecular weight excluding hydrogens is 326 g/mol. The molecule has 0 unspecified atom stereocenters. The molecular formula is C19H31N7. The molecule has 3 fully saturated rings. The van der Waals surface area contributed by atoms with Gasteiger partial charge in [0, 0.05) is 31.9 Å². The first-order valence-corrected chi connectivity index (χ1v) is 10.5. The molecule has 7 heteroatoms. The second-order valence-electron chi connectivity index (χ2n) is 7.70. The molecule has 0 spiro atoms. The number of nitrogens with one attached hydrogen (secondary N) is 1. The number of anilines is 3. The third kappa shape index (κ3) is 4.43. The Morgan fingerprint density at radius 1 is 0.615 bits per heavy atom. The highest BCUT2D eigenvalue weighted by molar-refractivity contribution is 5.85. The van der Waals surface area contributed by atoms with Crippen LogP contribution in [0.2, 0.25) is 0 Å². The lowest BCUT2D eigenvalue weighted by molar-refractivity contribution is 0.556. The molecule has 26 heavy (non-hydrogen) atoms. The molecule has 2 saturated heterocycles. The Morgan fingerprint density at radius 3 is 1.65 bits per heavy atom. The largest absolute Gasteiger partial charge is 0.341 e. The smallest absolute Gasteiger partial charge is 0.250 e. The maximum Gasteiger partial charge on any atom is 0.250 e. The van der Waals surface area contributed by atoms with E-state index in [2.05, 4.69) is 20.3 Å². The van der Waals surface area contributed by atoms with Gasteiger partial charge in [0.05, 0.1) is 0 Å². The zero-order chi connectivity index (χ0) is 17.6. The molecule has 3 aliphatic rings. The number of nitrogens with zero attached hydrogens (tertiary/aromatic N) is 6. The second kappa shape index (κ2) is 8.64. The number of hydrogen-bond donors (Lipinski definition) is 1. The van der Waals surface area contributed by atoms with Crippen molar-refractivity contribution in [3.05, 3.63) is 0 Å². The summed E-state index contributed by atoms with van der Waals surface area (Å²) in [5, 5.41) is 4.60. The normalized spacial score (nSPS) is 21.6. The Kier molecular flexibility index (Phi) is 5.82. The lowest BCUT2D eigenvalue weighted by Gasteiger charge is -2.30. The van der Waals surface area contributed by atoms with Gasteiger partial charge in [0.25, 0.3) is 0 Å². The Bertz CT molecular complexity index is 574. The van der Waals surface area contributed by atoms with E-state index in [1.807, 2.05) is 0 Å². The molecule has 2 aliphatic heterocycles. The molecule has 0 bridgehead atoms. The fraction of sp³-hybridized carbons (Fsp3) is 0.789. The van der Waals surface area contributed by atoms with Crippen molar-refractivity contribution in [3.63, 3.8) is 0 Å². The van der Waals surface area contributed by atoms with Crippen molar-refractivity contribution in [2.24, 2.45) is 5.10 Å². The maximum absolute atomic E-state index is 4.82. The predicted octanol–water partition coefficient (Wildman–Crippen LogP) is 3.58. The Morgan fingerprint density at radius 2 is 1.12 bits per heavy atom. The van der Waals surface area contributed by atoms with Crippen LogP contribution in [0.1, 0.15) is 70.6 Å². The SMILES string of the molecule is C1CCC(=NNc2nc(N3CCCCC3)nc(N3CCCCC3)n2)CC1. The van der Waals surface area contributed by atoms with Crippen LogP contribution >= 0.6 is 0 Å². The van der Waals surface area contributed by atoms with Crippen molar-refractivity contribution in [1.29, 1.82) is 0 Å². The van der Waals surface area contributed by atoms with Gasteiger partial charge < -0.3 is 9.80 Å². The minimum atomic E-state index is 0.597. The Balaban J connectivity index is 1.56. The number of aromatic nitrogens is 3. The molecule has 1 N–H and O–H groups in total. The Hall–Kier alpha value is -1.92. The highest BCUT2D eigenvalue weighted by Gasteiger charge is 2.20. The van der Waals surface area contributed by atoms with Crippen LogP contribution < -0.4 is 15.2 Å². The van der Waals surface area contributed by atoms with E-state index >= 15 is 0 Å². The number of rotatable bonds is 4. The highest BCUT2D eigenvalue weighted by atomic mass is 15.4. The van der Waals surface area contributed by atoms with E-state index < -0.39 is 0 Å². The van der Waals surface area contributed by atoms with Gasteiger partial charge in [0.1, 0.15) is 0 Å². The molecule has 4 rings (SSSR count). The van der Waals surface area contributed by atoms with Crippen LogP contribution in [0.5, 0.6) is 0 Å². The van der Waals surface area contributed by atoms with Gasteiger partial charge in [0.2, 0.25) is 17.8 Å². The average molecular weight is 358 g/mol. The van der Waals surface area contributed by atoms with Crippen molar-refractivity contribution in [2.45, 2.75) is 70.6 Å². The molecule has 142 valence electrons. The van der Waals surface area contributed by atoms with Gasteiger partial charge >= 0.3 is 0 Å². The molecule has 0 radical (unpaired) electrons. The van der Waals surface area contributed by atoms with E-state index in [4.69, 9.17) is 15.0 Å². The number of hydrazone groups is 1. The fourth-order valence-electron chi connectivity index (χ4n) is 4.08. The van der Waals surface area contributed by atoms with E-state index in [9.17, 15) is 0 Å². The lowest BCUT2D eigenvalue weighted by Crippen LogP contribution is -2.34. The summed E-state index contributed by atoms with van der Waals surface area (Å²) in [6.07, 6.45) is 13.5. The molecule has 1 aliphatic carbocycles. The van der Waals surface area contributed by atoms with Gasteiger partial charge in [-0.15, -0.1) is 0 Å². The first-order chi connectivity index (χ1) is 12.9. The van der Waals surface area contributed by atoms with Gasteiger partial charge in [-0.25, -0.2) is 5.43 Å².